The van der Waals surface area contributed by atoms with E-state index in [0.29, 0.717) is 37.0 Å². The summed E-state index contributed by atoms with van der Waals surface area (Å²) < 4.78 is 83.1. The Bertz CT molecular complexity index is 2250. The van der Waals surface area contributed by atoms with Crippen LogP contribution in [0.15, 0.2) is 72.8 Å². The Balaban J connectivity index is 0.000000277. The van der Waals surface area contributed by atoms with E-state index in [2.05, 4.69) is 20.8 Å². The Morgan fingerprint density at radius 2 is 0.488 bits per heavy atom. The highest BCUT2D eigenvalue weighted by atomic mass is 19.3. The van der Waals surface area contributed by atoms with Crippen molar-refractivity contribution in [2.45, 2.75) is 340 Å². The second-order valence-corrected chi connectivity index (χ2v) is 26.7. The van der Waals surface area contributed by atoms with Crippen molar-refractivity contribution in [1.82, 2.24) is 0 Å². The maximum absolute atomic E-state index is 13.9. The van der Waals surface area contributed by atoms with Crippen molar-refractivity contribution in [3.63, 3.8) is 0 Å². The molecule has 0 heterocycles. The molecule has 0 aliphatic heterocycles. The van der Waals surface area contributed by atoms with Crippen LogP contribution in [0.1, 0.15) is 370 Å². The van der Waals surface area contributed by atoms with Gasteiger partial charge in [-0.2, -0.15) is 26.3 Å². The molecule has 0 bridgehead atoms. The molecule has 86 heavy (non-hydrogen) atoms. The molecule has 3 fully saturated rings. The van der Waals surface area contributed by atoms with E-state index in [-0.39, 0.29) is 36.0 Å². The smallest absolute Gasteiger partial charge is 0.287 e. The van der Waals surface area contributed by atoms with Crippen LogP contribution in [0.5, 0.6) is 0 Å². The maximum Gasteiger partial charge on any atom is 0.309 e. The molecule has 0 unspecified atom stereocenters. The zero-order chi connectivity index (χ0) is 62.6. The van der Waals surface area contributed by atoms with E-state index in [1.165, 1.54) is 241 Å². The summed E-state index contributed by atoms with van der Waals surface area (Å²) in [4.78, 5) is 36.1. The lowest BCUT2D eigenvalue weighted by Gasteiger charge is -2.29. The van der Waals surface area contributed by atoms with Gasteiger partial charge in [-0.1, -0.05) is 262 Å². The standard InChI is InChI=1S/C28H44F2O.C25H38F2O.C24H36F2O/c1-3-5-6-7-8-9-10-11-12-13-23-14-16-24(17-15-23)25-18-20-26(21-19-25)27(31)28(29,30)22-4-2;1-3-5-6-7-8-9-10-20-11-13-21(14-12-20)22-15-17-23(18-16-22)24(28)25(26,27)19-4-2;1-3-5-6-7-8-9-19-10-12-20(13-11-19)21-14-16-22(17-15-21)23(27)24(25,26)18-4-2/h18-21,23-24H,3-17,22H2,1-2H3;15-18,20-21H,3-14,19H2,1-2H3;14-17,19-20H,3-13,18H2,1-2H3. The van der Waals surface area contributed by atoms with Crippen molar-refractivity contribution in [3.8, 4) is 0 Å². The maximum atomic E-state index is 13.9. The van der Waals surface area contributed by atoms with Gasteiger partial charge in [-0.15, -0.1) is 0 Å². The minimum absolute atomic E-state index is 0.137. The first-order valence-corrected chi connectivity index (χ1v) is 35.5. The highest BCUT2D eigenvalue weighted by molar-refractivity contribution is 6.02. The van der Waals surface area contributed by atoms with E-state index in [1.807, 2.05) is 36.4 Å². The predicted octanol–water partition coefficient (Wildman–Crippen LogP) is 25.8. The van der Waals surface area contributed by atoms with Crippen LogP contribution in [0.25, 0.3) is 0 Å². The lowest BCUT2D eigenvalue weighted by atomic mass is 9.77. The van der Waals surface area contributed by atoms with E-state index in [1.54, 1.807) is 57.2 Å². The Morgan fingerprint density at radius 3 is 0.686 bits per heavy atom. The van der Waals surface area contributed by atoms with Crippen LogP contribution in [0.4, 0.5) is 26.3 Å². The Kier molecular flexibility index (Phi) is 36.1. The second kappa shape index (κ2) is 41.5. The highest BCUT2D eigenvalue weighted by Gasteiger charge is 2.40. The zero-order valence-corrected chi connectivity index (χ0v) is 54.9. The first-order chi connectivity index (χ1) is 41.4. The molecule has 0 N–H and O–H groups in total. The van der Waals surface area contributed by atoms with Crippen molar-refractivity contribution < 1.29 is 40.7 Å². The Labute approximate surface area is 520 Å². The number of alkyl halides is 6. The largest absolute Gasteiger partial charge is 0.309 e. The number of hydrogen-bond donors (Lipinski definition) is 0. The summed E-state index contributed by atoms with van der Waals surface area (Å²) in [6.07, 6.45) is 46.0. The summed E-state index contributed by atoms with van der Waals surface area (Å²) in [5, 5.41) is 0. The molecule has 0 spiro atoms. The van der Waals surface area contributed by atoms with E-state index >= 15 is 0 Å². The molecule has 3 aliphatic carbocycles. The number of carbonyl (C=O) groups is 3. The summed E-state index contributed by atoms with van der Waals surface area (Å²) in [5.74, 6) is -8.74. The van der Waals surface area contributed by atoms with Crippen LogP contribution >= 0.6 is 0 Å². The molecule has 0 radical (unpaired) electrons. The lowest BCUT2D eigenvalue weighted by molar-refractivity contribution is 0.00453. The fourth-order valence-electron chi connectivity index (χ4n) is 14.0. The Hall–Kier alpha value is -3.75. The monoisotopic (exact) mass is 1200 g/mol. The first-order valence-electron chi connectivity index (χ1n) is 35.5. The normalized spacial score (nSPS) is 20.1. The van der Waals surface area contributed by atoms with Crippen LogP contribution in [0.3, 0.4) is 0 Å². The molecule has 0 saturated heterocycles. The van der Waals surface area contributed by atoms with Crippen LogP contribution < -0.4 is 0 Å². The van der Waals surface area contributed by atoms with Crippen LogP contribution in [-0.2, 0) is 0 Å². The molecule has 486 valence electrons. The summed E-state index contributed by atoms with van der Waals surface area (Å²) in [6.45, 7) is 11.8. The van der Waals surface area contributed by atoms with Gasteiger partial charge < -0.3 is 0 Å². The number of benzene rings is 3. The van der Waals surface area contributed by atoms with Gasteiger partial charge in [0.15, 0.2) is 0 Å². The van der Waals surface area contributed by atoms with E-state index in [4.69, 9.17) is 0 Å². The van der Waals surface area contributed by atoms with Gasteiger partial charge in [0, 0.05) is 36.0 Å². The lowest BCUT2D eigenvalue weighted by Crippen LogP contribution is -2.28. The van der Waals surface area contributed by atoms with Crippen molar-refractivity contribution in [2.75, 3.05) is 0 Å². The molecular formula is C77H118F6O3. The minimum atomic E-state index is -3.25. The summed E-state index contributed by atoms with van der Waals surface area (Å²) in [7, 11) is 0. The van der Waals surface area contributed by atoms with Gasteiger partial charge in [0.05, 0.1) is 0 Å². The summed E-state index contributed by atoms with van der Waals surface area (Å²) in [6, 6.07) is 21.0. The second-order valence-electron chi connectivity index (χ2n) is 26.7. The molecule has 3 nitrogen and oxygen atoms in total. The summed E-state index contributed by atoms with van der Waals surface area (Å²) >= 11 is 0. The van der Waals surface area contributed by atoms with Crippen LogP contribution in [-0.4, -0.2) is 35.1 Å². The highest BCUT2D eigenvalue weighted by Crippen LogP contribution is 2.41. The van der Waals surface area contributed by atoms with Gasteiger partial charge in [-0.25, -0.2) is 0 Å². The molecular weight excluding hydrogens is 1090 g/mol. The third-order valence-corrected chi connectivity index (χ3v) is 19.6. The molecule has 0 amide bonds. The number of carbonyl (C=O) groups excluding carboxylic acids is 3. The van der Waals surface area contributed by atoms with E-state index < -0.39 is 35.1 Å². The zero-order valence-electron chi connectivity index (χ0n) is 54.9. The number of Topliss-reactive ketones (excluding diaryl/α,β-unsaturated/α-hetero) is 3. The van der Waals surface area contributed by atoms with Crippen molar-refractivity contribution in [2.24, 2.45) is 17.8 Å². The third kappa shape index (κ3) is 27.2. The van der Waals surface area contributed by atoms with Gasteiger partial charge in [-0.3, -0.25) is 14.4 Å². The van der Waals surface area contributed by atoms with E-state index in [0.717, 1.165) is 17.8 Å². The third-order valence-electron chi connectivity index (χ3n) is 19.6. The van der Waals surface area contributed by atoms with Crippen molar-refractivity contribution in [3.05, 3.63) is 106 Å². The quantitative estimate of drug-likeness (QED) is 0.0326. The minimum Gasteiger partial charge on any atom is -0.287 e. The molecule has 0 aromatic heterocycles. The van der Waals surface area contributed by atoms with Crippen molar-refractivity contribution in [1.29, 1.82) is 0 Å². The fraction of sp³-hybridized carbons (Fsp3) is 0.727. The van der Waals surface area contributed by atoms with Gasteiger partial charge in [-0.05, 0) is 149 Å². The van der Waals surface area contributed by atoms with Crippen LogP contribution in [0.2, 0.25) is 0 Å². The van der Waals surface area contributed by atoms with Crippen molar-refractivity contribution >= 4 is 17.3 Å². The Morgan fingerprint density at radius 1 is 0.291 bits per heavy atom. The number of hydrogen-bond acceptors (Lipinski definition) is 3. The van der Waals surface area contributed by atoms with Gasteiger partial charge >= 0.3 is 17.8 Å². The molecule has 3 aromatic rings. The number of halogens is 6. The number of ketones is 3. The summed E-state index contributed by atoms with van der Waals surface area (Å²) in [5.41, 5.74) is 4.02. The topological polar surface area (TPSA) is 51.2 Å². The molecule has 9 heteroatoms. The predicted molar refractivity (Wildman–Crippen MR) is 349 cm³/mol. The molecule has 3 aliphatic rings. The SMILES string of the molecule is CCCCCCCC1CCC(c2ccc(C(=O)C(F)(F)CCC)cc2)CC1.CCCCCCCCC1CCC(c2ccc(C(=O)C(F)(F)CCC)cc2)CC1.CCCCCCCCCCCC1CCC(c2ccc(C(=O)C(F)(F)CCC)cc2)CC1. The molecule has 0 atom stereocenters. The number of unbranched alkanes of at least 4 members (excludes halogenated alkanes) is 17. The average Bonchev–Trinajstić information content (AvgIpc) is 3.66. The molecule has 3 saturated carbocycles. The van der Waals surface area contributed by atoms with E-state index in [9.17, 15) is 40.7 Å². The fourth-order valence-corrected chi connectivity index (χ4v) is 14.0. The molecule has 6 rings (SSSR count). The van der Waals surface area contributed by atoms with Gasteiger partial charge in [0.2, 0.25) is 17.3 Å². The average molecular weight is 1210 g/mol. The van der Waals surface area contributed by atoms with Crippen LogP contribution in [0, 0.1) is 17.8 Å². The number of rotatable bonds is 38. The molecule has 3 aromatic carbocycles. The van der Waals surface area contributed by atoms with Gasteiger partial charge in [0.25, 0.3) is 0 Å². The first kappa shape index (κ1) is 74.7. The van der Waals surface area contributed by atoms with Gasteiger partial charge in [0.1, 0.15) is 0 Å².